The van der Waals surface area contributed by atoms with Gasteiger partial charge in [0, 0.05) is 4.88 Å². The molecular weight excluding hydrogens is 202 g/mol. The van der Waals surface area contributed by atoms with E-state index >= 15 is 0 Å². The molecule has 0 radical (unpaired) electrons. The molecule has 0 spiro atoms. The maximum absolute atomic E-state index is 10.7. The molecule has 0 saturated heterocycles. The molecule has 14 heavy (non-hydrogen) atoms. The lowest BCUT2D eigenvalue weighted by molar-refractivity contribution is -0.150. The number of rotatable bonds is 3. The highest BCUT2D eigenvalue weighted by Crippen LogP contribution is 2.16. The quantitative estimate of drug-likeness (QED) is 0.736. The van der Waals surface area contributed by atoms with Crippen molar-refractivity contribution in [3.63, 3.8) is 0 Å². The van der Waals surface area contributed by atoms with Crippen LogP contribution < -0.4 is 5.32 Å². The molecule has 0 aliphatic carbocycles. The summed E-state index contributed by atoms with van der Waals surface area (Å²) in [5, 5.41) is 12.6. The van der Waals surface area contributed by atoms with Crippen LogP contribution in [-0.4, -0.2) is 17.0 Å². The zero-order valence-electron chi connectivity index (χ0n) is 7.74. The summed E-state index contributed by atoms with van der Waals surface area (Å²) in [5.74, 6) is -2.40. The lowest BCUT2D eigenvalue weighted by atomic mass is 10.2. The first-order valence-electron chi connectivity index (χ1n) is 4.21. The second kappa shape index (κ2) is 4.76. The minimum absolute atomic E-state index is 0.298. The smallest absolute Gasteiger partial charge is 0.394 e. The van der Waals surface area contributed by atoms with Gasteiger partial charge in [-0.1, -0.05) is 6.92 Å². The van der Waals surface area contributed by atoms with Gasteiger partial charge in [0.25, 0.3) is 0 Å². The van der Waals surface area contributed by atoms with Crippen molar-refractivity contribution in [1.29, 1.82) is 0 Å². The summed E-state index contributed by atoms with van der Waals surface area (Å²) < 4.78 is 0. The minimum Gasteiger partial charge on any atom is -0.474 e. The van der Waals surface area contributed by atoms with E-state index in [-0.39, 0.29) is 0 Å². The summed E-state index contributed by atoms with van der Waals surface area (Å²) in [6.45, 7) is 2.32. The van der Waals surface area contributed by atoms with Crippen molar-refractivity contribution < 1.29 is 14.7 Å². The van der Waals surface area contributed by atoms with Crippen LogP contribution in [0.2, 0.25) is 0 Å². The Morgan fingerprint density at radius 3 is 2.86 bits per heavy atom. The number of carbonyl (C=O) groups is 2. The number of carbonyl (C=O) groups excluding carboxylic acids is 1. The summed E-state index contributed by atoms with van der Waals surface area (Å²) >= 11 is 1.52. The summed E-state index contributed by atoms with van der Waals surface area (Å²) in [5.41, 5.74) is 1.15. The monoisotopic (exact) mass is 213 g/mol. The van der Waals surface area contributed by atoms with E-state index in [0.717, 1.165) is 16.9 Å². The third kappa shape index (κ3) is 2.56. The second-order valence-corrected chi connectivity index (χ2v) is 3.71. The molecule has 1 rings (SSSR count). The zero-order chi connectivity index (χ0) is 10.6. The molecule has 0 saturated carbocycles. The minimum atomic E-state index is -1.44. The van der Waals surface area contributed by atoms with Crippen LogP contribution in [-0.2, 0) is 22.6 Å². The molecule has 1 amide bonds. The Bertz CT molecular complexity index is 346. The molecule has 0 aliphatic rings. The molecule has 0 bridgehead atoms. The highest BCUT2D eigenvalue weighted by Gasteiger charge is 2.11. The first kappa shape index (κ1) is 10.7. The Morgan fingerprint density at radius 1 is 1.57 bits per heavy atom. The lowest BCUT2D eigenvalue weighted by Gasteiger charge is -2.01. The van der Waals surface area contributed by atoms with Crippen LogP contribution in [0, 0.1) is 0 Å². The highest BCUT2D eigenvalue weighted by atomic mass is 32.1. The fourth-order valence-corrected chi connectivity index (χ4v) is 1.99. The first-order chi connectivity index (χ1) is 6.65. The van der Waals surface area contributed by atoms with Crippen LogP contribution in [0.25, 0.3) is 0 Å². The van der Waals surface area contributed by atoms with E-state index in [1.807, 2.05) is 18.4 Å². The van der Waals surface area contributed by atoms with E-state index in [9.17, 15) is 9.59 Å². The molecule has 1 aromatic rings. The summed E-state index contributed by atoms with van der Waals surface area (Å²) in [4.78, 5) is 22.0. The van der Waals surface area contributed by atoms with Gasteiger partial charge in [0.1, 0.15) is 0 Å². The average Bonchev–Trinajstić information content (AvgIpc) is 2.60. The van der Waals surface area contributed by atoms with Crippen LogP contribution in [0.4, 0.5) is 0 Å². The van der Waals surface area contributed by atoms with Gasteiger partial charge in [0.15, 0.2) is 0 Å². The maximum atomic E-state index is 10.7. The Morgan fingerprint density at radius 2 is 2.29 bits per heavy atom. The van der Waals surface area contributed by atoms with Crippen molar-refractivity contribution in [2.24, 2.45) is 0 Å². The van der Waals surface area contributed by atoms with Gasteiger partial charge in [-0.2, -0.15) is 0 Å². The first-order valence-corrected chi connectivity index (χ1v) is 5.09. The molecule has 1 heterocycles. The maximum Gasteiger partial charge on any atom is 0.394 e. The van der Waals surface area contributed by atoms with E-state index in [0.29, 0.717) is 6.54 Å². The van der Waals surface area contributed by atoms with Crippen LogP contribution in [0.3, 0.4) is 0 Å². The van der Waals surface area contributed by atoms with Crippen LogP contribution in [0.1, 0.15) is 17.4 Å². The Kier molecular flexibility index (Phi) is 3.64. The normalized spacial score (nSPS) is 9.79. The molecule has 1 aromatic heterocycles. The van der Waals surface area contributed by atoms with Crippen molar-refractivity contribution in [3.8, 4) is 0 Å². The van der Waals surface area contributed by atoms with E-state index in [2.05, 4.69) is 5.32 Å². The number of carboxylic acids is 1. The molecule has 0 fully saturated rings. The van der Waals surface area contributed by atoms with E-state index in [4.69, 9.17) is 5.11 Å². The molecular formula is C9H11NO3S. The number of hydrogen-bond donors (Lipinski definition) is 2. The van der Waals surface area contributed by atoms with Gasteiger partial charge in [0.05, 0.1) is 6.54 Å². The van der Waals surface area contributed by atoms with Crippen LogP contribution in [0.15, 0.2) is 11.4 Å². The average molecular weight is 213 g/mol. The van der Waals surface area contributed by atoms with Crippen LogP contribution in [0.5, 0.6) is 0 Å². The highest BCUT2D eigenvalue weighted by molar-refractivity contribution is 7.10. The van der Waals surface area contributed by atoms with Gasteiger partial charge in [-0.25, -0.2) is 4.79 Å². The largest absolute Gasteiger partial charge is 0.474 e. The molecule has 0 unspecified atom stereocenters. The van der Waals surface area contributed by atoms with Crippen molar-refractivity contribution in [2.75, 3.05) is 0 Å². The van der Waals surface area contributed by atoms with Gasteiger partial charge in [-0.15, -0.1) is 11.3 Å². The van der Waals surface area contributed by atoms with Gasteiger partial charge in [0.2, 0.25) is 0 Å². The number of hydrogen-bond acceptors (Lipinski definition) is 3. The van der Waals surface area contributed by atoms with Gasteiger partial charge in [-0.05, 0) is 23.4 Å². The van der Waals surface area contributed by atoms with E-state index < -0.39 is 11.9 Å². The fraction of sp³-hybridized carbons (Fsp3) is 0.333. The zero-order valence-corrected chi connectivity index (χ0v) is 8.56. The van der Waals surface area contributed by atoms with E-state index in [1.54, 1.807) is 0 Å². The predicted octanol–water partition coefficient (Wildman–Crippen LogP) is 1.01. The van der Waals surface area contributed by atoms with Crippen molar-refractivity contribution >= 4 is 23.2 Å². The topological polar surface area (TPSA) is 66.4 Å². The number of thiophene rings is 1. The summed E-state index contributed by atoms with van der Waals surface area (Å²) in [7, 11) is 0. The molecule has 0 aliphatic heterocycles. The predicted molar refractivity (Wildman–Crippen MR) is 53.2 cm³/mol. The number of aliphatic carboxylic acids is 1. The number of amides is 1. The fourth-order valence-electron chi connectivity index (χ4n) is 1.07. The van der Waals surface area contributed by atoms with Crippen molar-refractivity contribution in [3.05, 3.63) is 21.9 Å². The third-order valence-electron chi connectivity index (χ3n) is 1.82. The second-order valence-electron chi connectivity index (χ2n) is 2.71. The van der Waals surface area contributed by atoms with Crippen molar-refractivity contribution in [2.45, 2.75) is 19.9 Å². The molecule has 2 N–H and O–H groups in total. The van der Waals surface area contributed by atoms with Gasteiger partial charge in [-0.3, -0.25) is 4.79 Å². The standard InChI is InChI=1S/C9H11NO3S/c1-2-6-3-4-14-7(6)5-10-8(11)9(12)13/h3-4H,2,5H2,1H3,(H,10,11)(H,12,13). The van der Waals surface area contributed by atoms with Crippen molar-refractivity contribution in [1.82, 2.24) is 5.32 Å². The third-order valence-corrected chi connectivity index (χ3v) is 2.79. The molecule has 0 atom stereocenters. The Hall–Kier alpha value is -1.36. The molecule has 5 heteroatoms. The van der Waals surface area contributed by atoms with Gasteiger partial charge >= 0.3 is 11.9 Å². The lowest BCUT2D eigenvalue weighted by Crippen LogP contribution is -2.30. The Labute approximate surface area is 85.6 Å². The number of nitrogens with one attached hydrogen (secondary N) is 1. The number of carboxylic acid groups (broad SMARTS) is 1. The van der Waals surface area contributed by atoms with E-state index in [1.165, 1.54) is 11.3 Å². The summed E-state index contributed by atoms with van der Waals surface area (Å²) in [6, 6.07) is 1.98. The SMILES string of the molecule is CCc1ccsc1CNC(=O)C(=O)O. The molecule has 0 aromatic carbocycles. The molecule has 76 valence electrons. The van der Waals surface area contributed by atoms with Crippen LogP contribution >= 0.6 is 11.3 Å². The molecule has 4 nitrogen and oxygen atoms in total. The van der Waals surface area contributed by atoms with Gasteiger partial charge < -0.3 is 10.4 Å². The summed E-state index contributed by atoms with van der Waals surface area (Å²) in [6.07, 6.45) is 0.891. The number of aryl methyl sites for hydroxylation is 1. The Balaban J connectivity index is 2.53.